The average Bonchev–Trinajstić information content (AvgIpc) is 2.26. The summed E-state index contributed by atoms with van der Waals surface area (Å²) in [6.45, 7) is 6.97. The SMILES string of the molecule is CC(C)(C)OC(=O)N1CC[C@H]2C(=O)CCC[C@@H]2C1. The molecule has 2 atom stereocenters. The van der Waals surface area contributed by atoms with Crippen LogP contribution in [0.2, 0.25) is 0 Å². The molecular weight excluding hydrogens is 230 g/mol. The Morgan fingerprint density at radius 1 is 1.33 bits per heavy atom. The van der Waals surface area contributed by atoms with E-state index >= 15 is 0 Å². The van der Waals surface area contributed by atoms with E-state index in [0.29, 0.717) is 24.8 Å². The maximum atomic E-state index is 12.0. The summed E-state index contributed by atoms with van der Waals surface area (Å²) in [6.07, 6.45) is 3.34. The molecule has 1 aliphatic carbocycles. The lowest BCUT2D eigenvalue weighted by molar-refractivity contribution is -0.129. The highest BCUT2D eigenvalue weighted by atomic mass is 16.6. The summed E-state index contributed by atoms with van der Waals surface area (Å²) in [4.78, 5) is 25.6. The summed E-state index contributed by atoms with van der Waals surface area (Å²) < 4.78 is 5.39. The molecular formula is C14H23NO3. The van der Waals surface area contributed by atoms with E-state index in [9.17, 15) is 9.59 Å². The summed E-state index contributed by atoms with van der Waals surface area (Å²) in [7, 11) is 0. The number of amides is 1. The zero-order chi connectivity index (χ0) is 13.3. The van der Waals surface area contributed by atoms with E-state index in [1.165, 1.54) is 0 Å². The number of carbonyl (C=O) groups excluding carboxylic acids is 2. The van der Waals surface area contributed by atoms with Crippen LogP contribution in [0, 0.1) is 11.8 Å². The fourth-order valence-corrected chi connectivity index (χ4v) is 2.96. The number of rotatable bonds is 0. The van der Waals surface area contributed by atoms with Gasteiger partial charge in [-0.15, -0.1) is 0 Å². The summed E-state index contributed by atoms with van der Waals surface area (Å²) in [5.41, 5.74) is -0.448. The third-order valence-corrected chi connectivity index (χ3v) is 3.80. The van der Waals surface area contributed by atoms with Gasteiger partial charge in [0.15, 0.2) is 0 Å². The third-order valence-electron chi connectivity index (χ3n) is 3.80. The van der Waals surface area contributed by atoms with Crippen LogP contribution < -0.4 is 0 Å². The van der Waals surface area contributed by atoms with Crippen LogP contribution in [0.5, 0.6) is 0 Å². The van der Waals surface area contributed by atoms with Crippen LogP contribution in [0.1, 0.15) is 46.5 Å². The van der Waals surface area contributed by atoms with Crippen LogP contribution >= 0.6 is 0 Å². The van der Waals surface area contributed by atoms with Gasteiger partial charge >= 0.3 is 6.09 Å². The van der Waals surface area contributed by atoms with Gasteiger partial charge < -0.3 is 9.64 Å². The van der Waals surface area contributed by atoms with Crippen LogP contribution in [0.4, 0.5) is 4.79 Å². The topological polar surface area (TPSA) is 46.6 Å². The smallest absolute Gasteiger partial charge is 0.410 e. The van der Waals surface area contributed by atoms with E-state index < -0.39 is 5.60 Å². The Labute approximate surface area is 109 Å². The highest BCUT2D eigenvalue weighted by molar-refractivity contribution is 5.82. The van der Waals surface area contributed by atoms with Crippen molar-refractivity contribution >= 4 is 11.9 Å². The van der Waals surface area contributed by atoms with Crippen molar-refractivity contribution in [2.45, 2.75) is 52.1 Å². The highest BCUT2D eigenvalue weighted by Crippen LogP contribution is 2.34. The fraction of sp³-hybridized carbons (Fsp3) is 0.857. The molecule has 4 heteroatoms. The molecule has 4 nitrogen and oxygen atoms in total. The molecule has 18 heavy (non-hydrogen) atoms. The van der Waals surface area contributed by atoms with Gasteiger partial charge in [0.05, 0.1) is 0 Å². The summed E-state index contributed by atoms with van der Waals surface area (Å²) in [5.74, 6) is 0.944. The van der Waals surface area contributed by atoms with Crippen LogP contribution in [0.15, 0.2) is 0 Å². The van der Waals surface area contributed by atoms with Gasteiger partial charge in [-0.2, -0.15) is 0 Å². The van der Waals surface area contributed by atoms with Gasteiger partial charge in [-0.3, -0.25) is 4.79 Å². The Hall–Kier alpha value is -1.06. The molecule has 0 N–H and O–H groups in total. The predicted octanol–water partition coefficient (Wildman–Crippen LogP) is 2.61. The number of hydrogen-bond donors (Lipinski definition) is 0. The van der Waals surface area contributed by atoms with Gasteiger partial charge in [0.25, 0.3) is 0 Å². The first-order chi connectivity index (χ1) is 8.37. The first-order valence-corrected chi connectivity index (χ1v) is 6.87. The number of hydrogen-bond acceptors (Lipinski definition) is 3. The van der Waals surface area contributed by atoms with Crippen LogP contribution in [-0.4, -0.2) is 35.5 Å². The number of piperidine rings is 1. The molecule has 1 amide bonds. The number of ketones is 1. The normalized spacial score (nSPS) is 28.8. The molecule has 1 saturated heterocycles. The Kier molecular flexibility index (Phi) is 3.64. The van der Waals surface area contributed by atoms with E-state index in [1.807, 2.05) is 20.8 Å². The molecule has 2 rings (SSSR count). The van der Waals surface area contributed by atoms with Crippen molar-refractivity contribution in [3.63, 3.8) is 0 Å². The summed E-state index contributed by atoms with van der Waals surface area (Å²) in [5, 5.41) is 0. The largest absolute Gasteiger partial charge is 0.444 e. The number of nitrogens with zero attached hydrogens (tertiary/aromatic N) is 1. The number of fused-ring (bicyclic) bond motifs is 1. The fourth-order valence-electron chi connectivity index (χ4n) is 2.96. The molecule has 0 bridgehead atoms. The maximum Gasteiger partial charge on any atom is 0.410 e. The second kappa shape index (κ2) is 4.90. The second-order valence-electron chi connectivity index (χ2n) is 6.44. The Morgan fingerprint density at radius 3 is 2.72 bits per heavy atom. The molecule has 1 aliphatic heterocycles. The lowest BCUT2D eigenvalue weighted by Crippen LogP contribution is -2.48. The molecule has 2 aliphatic rings. The monoisotopic (exact) mass is 253 g/mol. The summed E-state index contributed by atoms with van der Waals surface area (Å²) in [6, 6.07) is 0. The minimum absolute atomic E-state index is 0.192. The zero-order valence-corrected chi connectivity index (χ0v) is 11.6. The third kappa shape index (κ3) is 3.03. The molecule has 0 spiro atoms. The van der Waals surface area contributed by atoms with Crippen molar-refractivity contribution in [3.8, 4) is 0 Å². The molecule has 0 aromatic heterocycles. The van der Waals surface area contributed by atoms with Crippen LogP contribution in [-0.2, 0) is 9.53 Å². The highest BCUT2D eigenvalue weighted by Gasteiger charge is 2.38. The number of ether oxygens (including phenoxy) is 1. The molecule has 0 unspecified atom stereocenters. The first-order valence-electron chi connectivity index (χ1n) is 6.87. The van der Waals surface area contributed by atoms with Gasteiger partial charge in [0, 0.05) is 25.4 Å². The molecule has 2 fully saturated rings. The predicted molar refractivity (Wildman–Crippen MR) is 68.3 cm³/mol. The lowest BCUT2D eigenvalue weighted by atomic mass is 9.74. The standard InChI is InChI=1S/C14H23NO3/c1-14(2,3)18-13(17)15-8-7-11-10(9-15)5-4-6-12(11)16/h10-11H,4-9H2,1-3H3/t10-,11-/m1/s1. The van der Waals surface area contributed by atoms with Crippen LogP contribution in [0.3, 0.4) is 0 Å². The molecule has 102 valence electrons. The van der Waals surface area contributed by atoms with E-state index in [2.05, 4.69) is 0 Å². The maximum absolute atomic E-state index is 12.0. The minimum atomic E-state index is -0.448. The zero-order valence-electron chi connectivity index (χ0n) is 11.6. The van der Waals surface area contributed by atoms with Crippen molar-refractivity contribution < 1.29 is 14.3 Å². The van der Waals surface area contributed by atoms with Crippen molar-refractivity contribution in [1.82, 2.24) is 4.90 Å². The lowest BCUT2D eigenvalue weighted by Gasteiger charge is -2.40. The van der Waals surface area contributed by atoms with Crippen LogP contribution in [0.25, 0.3) is 0 Å². The Morgan fingerprint density at radius 2 is 2.06 bits per heavy atom. The van der Waals surface area contributed by atoms with Gasteiger partial charge in [-0.05, 0) is 46.0 Å². The van der Waals surface area contributed by atoms with E-state index in [-0.39, 0.29) is 12.0 Å². The number of carbonyl (C=O) groups is 2. The molecule has 1 heterocycles. The molecule has 0 aromatic rings. The average molecular weight is 253 g/mol. The summed E-state index contributed by atoms with van der Waals surface area (Å²) >= 11 is 0. The van der Waals surface area contributed by atoms with Crippen molar-refractivity contribution in [2.75, 3.05) is 13.1 Å². The van der Waals surface area contributed by atoms with Crippen molar-refractivity contribution in [3.05, 3.63) is 0 Å². The van der Waals surface area contributed by atoms with Gasteiger partial charge in [-0.25, -0.2) is 4.79 Å². The van der Waals surface area contributed by atoms with E-state index in [0.717, 1.165) is 25.7 Å². The molecule has 1 saturated carbocycles. The second-order valence-corrected chi connectivity index (χ2v) is 6.44. The molecule has 0 radical (unpaired) electrons. The van der Waals surface area contributed by atoms with Gasteiger partial charge in [-0.1, -0.05) is 0 Å². The Bertz CT molecular complexity index is 345. The number of likely N-dealkylation sites (tertiary alicyclic amines) is 1. The number of Topliss-reactive ketones (excluding diaryl/α,β-unsaturated/α-hetero) is 1. The van der Waals surface area contributed by atoms with Gasteiger partial charge in [0.2, 0.25) is 0 Å². The van der Waals surface area contributed by atoms with Gasteiger partial charge in [0.1, 0.15) is 11.4 Å². The quantitative estimate of drug-likeness (QED) is 0.666. The van der Waals surface area contributed by atoms with E-state index in [4.69, 9.17) is 4.74 Å². The van der Waals surface area contributed by atoms with Crippen molar-refractivity contribution in [1.29, 1.82) is 0 Å². The van der Waals surface area contributed by atoms with Crippen molar-refractivity contribution in [2.24, 2.45) is 11.8 Å². The minimum Gasteiger partial charge on any atom is -0.444 e. The first kappa shape index (κ1) is 13.4. The Balaban J connectivity index is 1.94. The molecule has 0 aromatic carbocycles. The van der Waals surface area contributed by atoms with E-state index in [1.54, 1.807) is 4.90 Å².